The molecule has 9 heteroatoms. The molecule has 0 aliphatic rings. The van der Waals surface area contributed by atoms with Gasteiger partial charge in [0.05, 0.1) is 22.8 Å². The number of hydrogen-bond acceptors (Lipinski definition) is 4. The largest absolute Gasteiger partial charge is 0.416 e. The van der Waals surface area contributed by atoms with E-state index in [0.29, 0.717) is 11.5 Å². The molecule has 4 aromatic rings. The highest BCUT2D eigenvalue weighted by Gasteiger charge is 2.30. The van der Waals surface area contributed by atoms with Crippen LogP contribution in [0.3, 0.4) is 0 Å². The van der Waals surface area contributed by atoms with Gasteiger partial charge in [0.1, 0.15) is 5.82 Å². The van der Waals surface area contributed by atoms with Crippen molar-refractivity contribution in [2.24, 2.45) is 0 Å². The molecule has 6 nitrogen and oxygen atoms in total. The van der Waals surface area contributed by atoms with Crippen LogP contribution in [0.1, 0.15) is 15.9 Å². The zero-order valence-electron chi connectivity index (χ0n) is 14.8. The standard InChI is InChI=1S/C20H14F3N5O/c21-20(22,23)13-4-7-14(8-5-13)27-19(29)16-2-1-9-24-18(16)26-15-6-3-12-11-25-28-17(12)10-15/h1-11H,(H,24,26)(H,25,28)(H,27,29). The Kier molecular flexibility index (Phi) is 4.63. The molecule has 1 amide bonds. The zero-order valence-corrected chi connectivity index (χ0v) is 14.8. The molecule has 0 saturated heterocycles. The van der Waals surface area contributed by atoms with Gasteiger partial charge in [-0.25, -0.2) is 4.98 Å². The van der Waals surface area contributed by atoms with Gasteiger partial charge in [-0.05, 0) is 54.6 Å². The number of pyridine rings is 1. The Morgan fingerprint density at radius 3 is 2.52 bits per heavy atom. The molecule has 0 spiro atoms. The van der Waals surface area contributed by atoms with Gasteiger partial charge in [-0.2, -0.15) is 18.3 Å². The van der Waals surface area contributed by atoms with Crippen LogP contribution in [0, 0.1) is 0 Å². The number of aromatic amines is 1. The van der Waals surface area contributed by atoms with Crippen LogP contribution in [-0.2, 0) is 6.18 Å². The van der Waals surface area contributed by atoms with E-state index in [0.717, 1.165) is 23.0 Å². The maximum atomic E-state index is 12.7. The zero-order chi connectivity index (χ0) is 20.4. The first-order valence-corrected chi connectivity index (χ1v) is 8.54. The van der Waals surface area contributed by atoms with Gasteiger partial charge in [0.25, 0.3) is 5.91 Å². The number of carbonyl (C=O) groups excluding carboxylic acids is 1. The van der Waals surface area contributed by atoms with Crippen molar-refractivity contribution in [1.82, 2.24) is 15.2 Å². The minimum atomic E-state index is -4.43. The van der Waals surface area contributed by atoms with E-state index in [1.807, 2.05) is 18.2 Å². The SMILES string of the molecule is O=C(Nc1ccc(C(F)(F)F)cc1)c1cccnc1Nc1ccc2cn[nH]c2c1. The highest BCUT2D eigenvalue weighted by molar-refractivity contribution is 6.07. The van der Waals surface area contributed by atoms with Crippen molar-refractivity contribution in [1.29, 1.82) is 0 Å². The first-order chi connectivity index (χ1) is 13.9. The van der Waals surface area contributed by atoms with E-state index in [9.17, 15) is 18.0 Å². The number of nitrogens with zero attached hydrogens (tertiary/aromatic N) is 2. The number of carbonyl (C=O) groups is 1. The fourth-order valence-corrected chi connectivity index (χ4v) is 2.78. The first kappa shape index (κ1) is 18.5. The van der Waals surface area contributed by atoms with Crippen LogP contribution in [0.2, 0.25) is 0 Å². The summed E-state index contributed by atoms with van der Waals surface area (Å²) in [5, 5.41) is 13.4. The fourth-order valence-electron chi connectivity index (χ4n) is 2.78. The van der Waals surface area contributed by atoms with Gasteiger partial charge < -0.3 is 10.6 Å². The van der Waals surface area contributed by atoms with Gasteiger partial charge >= 0.3 is 6.18 Å². The average Bonchev–Trinajstić information content (AvgIpc) is 3.16. The van der Waals surface area contributed by atoms with Crippen molar-refractivity contribution >= 4 is 34.0 Å². The molecule has 0 bridgehead atoms. The fraction of sp³-hybridized carbons (Fsp3) is 0.0500. The number of halogens is 3. The summed E-state index contributed by atoms with van der Waals surface area (Å²) >= 11 is 0. The van der Waals surface area contributed by atoms with Gasteiger partial charge in [0.15, 0.2) is 0 Å². The predicted octanol–water partition coefficient (Wildman–Crippen LogP) is 4.97. The summed E-state index contributed by atoms with van der Waals surface area (Å²) in [4.78, 5) is 16.9. The van der Waals surface area contributed by atoms with E-state index in [2.05, 4.69) is 25.8 Å². The van der Waals surface area contributed by atoms with Gasteiger partial charge in [0.2, 0.25) is 0 Å². The Bertz CT molecular complexity index is 1170. The number of benzene rings is 2. The smallest absolute Gasteiger partial charge is 0.340 e. The molecule has 3 N–H and O–H groups in total. The Morgan fingerprint density at radius 2 is 1.76 bits per heavy atom. The Morgan fingerprint density at radius 1 is 1.00 bits per heavy atom. The van der Waals surface area contributed by atoms with Crippen molar-refractivity contribution in [3.63, 3.8) is 0 Å². The molecule has 0 radical (unpaired) electrons. The van der Waals surface area contributed by atoms with E-state index in [1.54, 1.807) is 18.3 Å². The van der Waals surface area contributed by atoms with E-state index < -0.39 is 17.6 Å². The molecule has 0 aliphatic heterocycles. The molecule has 0 saturated carbocycles. The van der Waals surface area contributed by atoms with Crippen molar-refractivity contribution in [2.75, 3.05) is 10.6 Å². The van der Waals surface area contributed by atoms with Crippen LogP contribution in [0.15, 0.2) is 67.0 Å². The average molecular weight is 397 g/mol. The molecular weight excluding hydrogens is 383 g/mol. The van der Waals surface area contributed by atoms with Gasteiger partial charge in [-0.1, -0.05) is 0 Å². The summed E-state index contributed by atoms with van der Waals surface area (Å²) in [6.07, 6.45) is -1.20. The quantitative estimate of drug-likeness (QED) is 0.454. The number of hydrogen-bond donors (Lipinski definition) is 3. The van der Waals surface area contributed by atoms with Crippen molar-refractivity contribution < 1.29 is 18.0 Å². The van der Waals surface area contributed by atoms with Crippen LogP contribution in [-0.4, -0.2) is 21.1 Å². The third-order valence-electron chi connectivity index (χ3n) is 4.23. The summed E-state index contributed by atoms with van der Waals surface area (Å²) in [6.45, 7) is 0. The van der Waals surface area contributed by atoms with E-state index in [4.69, 9.17) is 0 Å². The summed E-state index contributed by atoms with van der Waals surface area (Å²) < 4.78 is 38.0. The molecule has 0 unspecified atom stereocenters. The molecule has 2 aromatic carbocycles. The lowest BCUT2D eigenvalue weighted by Crippen LogP contribution is -2.15. The predicted molar refractivity (Wildman–Crippen MR) is 103 cm³/mol. The minimum Gasteiger partial charge on any atom is -0.340 e. The number of H-pyrrole nitrogens is 1. The molecule has 2 heterocycles. The second kappa shape index (κ2) is 7.27. The number of nitrogens with one attached hydrogen (secondary N) is 3. The number of alkyl halides is 3. The van der Waals surface area contributed by atoms with Crippen molar-refractivity contribution in [3.8, 4) is 0 Å². The van der Waals surface area contributed by atoms with Crippen LogP contribution in [0.5, 0.6) is 0 Å². The Balaban J connectivity index is 1.54. The third kappa shape index (κ3) is 4.03. The van der Waals surface area contributed by atoms with E-state index in [-0.39, 0.29) is 11.3 Å². The number of rotatable bonds is 4. The summed E-state index contributed by atoms with van der Waals surface area (Å²) in [6, 6.07) is 12.9. The monoisotopic (exact) mass is 397 g/mol. The summed E-state index contributed by atoms with van der Waals surface area (Å²) in [5.41, 5.74) is 1.23. The van der Waals surface area contributed by atoms with E-state index in [1.165, 1.54) is 18.3 Å². The number of aromatic nitrogens is 3. The highest BCUT2D eigenvalue weighted by atomic mass is 19.4. The van der Waals surface area contributed by atoms with Crippen molar-refractivity contribution in [3.05, 3.63) is 78.1 Å². The molecule has 4 rings (SSSR count). The van der Waals surface area contributed by atoms with Crippen LogP contribution in [0.4, 0.5) is 30.4 Å². The lowest BCUT2D eigenvalue weighted by Gasteiger charge is -2.12. The molecule has 146 valence electrons. The second-order valence-electron chi connectivity index (χ2n) is 6.23. The lowest BCUT2D eigenvalue weighted by atomic mass is 10.2. The third-order valence-corrected chi connectivity index (χ3v) is 4.23. The first-order valence-electron chi connectivity index (χ1n) is 8.54. The van der Waals surface area contributed by atoms with Gasteiger partial charge in [-0.3, -0.25) is 9.89 Å². The van der Waals surface area contributed by atoms with Crippen LogP contribution >= 0.6 is 0 Å². The number of fused-ring (bicyclic) bond motifs is 1. The van der Waals surface area contributed by atoms with E-state index >= 15 is 0 Å². The lowest BCUT2D eigenvalue weighted by molar-refractivity contribution is -0.137. The highest BCUT2D eigenvalue weighted by Crippen LogP contribution is 2.30. The minimum absolute atomic E-state index is 0.247. The second-order valence-corrected chi connectivity index (χ2v) is 6.23. The molecule has 2 aromatic heterocycles. The summed E-state index contributed by atoms with van der Waals surface area (Å²) in [7, 11) is 0. The maximum Gasteiger partial charge on any atom is 0.416 e. The summed E-state index contributed by atoms with van der Waals surface area (Å²) in [5.74, 6) is -0.182. The maximum absolute atomic E-state index is 12.7. The molecule has 0 atom stereocenters. The topological polar surface area (TPSA) is 82.7 Å². The molecule has 29 heavy (non-hydrogen) atoms. The normalized spacial score (nSPS) is 11.4. The molecular formula is C20H14F3N5O. The molecule has 0 fully saturated rings. The number of amides is 1. The van der Waals surface area contributed by atoms with Gasteiger partial charge in [-0.15, -0.1) is 0 Å². The number of anilines is 3. The van der Waals surface area contributed by atoms with Gasteiger partial charge in [0, 0.05) is 23.0 Å². The van der Waals surface area contributed by atoms with Crippen molar-refractivity contribution in [2.45, 2.75) is 6.18 Å². The van der Waals surface area contributed by atoms with Crippen LogP contribution < -0.4 is 10.6 Å². The molecule has 0 aliphatic carbocycles. The Labute approximate surface area is 162 Å². The Hall–Kier alpha value is -3.88. The van der Waals surface area contributed by atoms with Crippen LogP contribution in [0.25, 0.3) is 10.9 Å².